The molecule has 1 N–H and O–H groups in total. The molecule has 5 heteroatoms. The number of carbonyl (C=O) groups excluding carboxylic acids is 1. The van der Waals surface area contributed by atoms with Crippen molar-refractivity contribution < 1.29 is 9.53 Å². The molecule has 1 heterocycles. The molecule has 90 valence electrons. The number of carbonyl (C=O) groups is 1. The first kappa shape index (κ1) is 12.9. The van der Waals surface area contributed by atoms with E-state index in [0.717, 1.165) is 32.8 Å². The summed E-state index contributed by atoms with van der Waals surface area (Å²) in [5.41, 5.74) is -0.939. The van der Waals surface area contributed by atoms with Gasteiger partial charge in [-0.1, -0.05) is 0 Å². The van der Waals surface area contributed by atoms with Crippen molar-refractivity contribution in [3.63, 3.8) is 0 Å². The van der Waals surface area contributed by atoms with Crippen molar-refractivity contribution >= 4 is 5.91 Å². The van der Waals surface area contributed by atoms with Crippen molar-refractivity contribution in [2.24, 2.45) is 5.41 Å². The molecule has 0 saturated carbocycles. The molecule has 0 unspecified atom stereocenters. The molecule has 0 aromatic heterocycles. The first-order valence-corrected chi connectivity index (χ1v) is 5.56. The first-order chi connectivity index (χ1) is 7.56. The van der Waals surface area contributed by atoms with Gasteiger partial charge < -0.3 is 10.1 Å². The van der Waals surface area contributed by atoms with E-state index in [1.165, 1.54) is 0 Å². The van der Waals surface area contributed by atoms with Crippen molar-refractivity contribution in [2.45, 2.75) is 13.8 Å². The Morgan fingerprint density at radius 2 is 2.12 bits per heavy atom. The topological polar surface area (TPSA) is 65.4 Å². The molecule has 0 radical (unpaired) electrons. The van der Waals surface area contributed by atoms with Crippen LogP contribution in [-0.2, 0) is 9.53 Å². The Labute approximate surface area is 96.4 Å². The Morgan fingerprint density at radius 1 is 1.50 bits per heavy atom. The van der Waals surface area contributed by atoms with E-state index < -0.39 is 5.41 Å². The molecule has 1 fully saturated rings. The number of nitriles is 1. The number of ether oxygens (including phenoxy) is 1. The average Bonchev–Trinajstić information content (AvgIpc) is 2.30. The highest BCUT2D eigenvalue weighted by Gasteiger charge is 2.26. The van der Waals surface area contributed by atoms with Crippen LogP contribution in [0.1, 0.15) is 13.8 Å². The maximum Gasteiger partial charge on any atom is 0.239 e. The molecule has 0 atom stereocenters. The van der Waals surface area contributed by atoms with Crippen LogP contribution in [0.3, 0.4) is 0 Å². The minimum absolute atomic E-state index is 0.205. The number of hydrogen-bond acceptors (Lipinski definition) is 4. The number of nitrogens with zero attached hydrogens (tertiary/aromatic N) is 2. The molecule has 1 aliphatic heterocycles. The molecule has 1 saturated heterocycles. The third-order valence-corrected chi connectivity index (χ3v) is 2.66. The zero-order chi connectivity index (χ0) is 12.0. The molecule has 0 aromatic rings. The predicted octanol–water partition coefficient (Wildman–Crippen LogP) is -0.0154. The number of morpholine rings is 1. The lowest BCUT2D eigenvalue weighted by molar-refractivity contribution is -0.126. The van der Waals surface area contributed by atoms with E-state index in [9.17, 15) is 4.79 Å². The highest BCUT2D eigenvalue weighted by molar-refractivity contribution is 5.84. The van der Waals surface area contributed by atoms with Gasteiger partial charge >= 0.3 is 0 Å². The van der Waals surface area contributed by atoms with Crippen LogP contribution in [0, 0.1) is 16.7 Å². The molecule has 0 spiro atoms. The number of nitrogens with one attached hydrogen (secondary N) is 1. The smallest absolute Gasteiger partial charge is 0.239 e. The van der Waals surface area contributed by atoms with Crippen molar-refractivity contribution in [3.8, 4) is 6.07 Å². The van der Waals surface area contributed by atoms with Crippen LogP contribution in [0.15, 0.2) is 0 Å². The van der Waals surface area contributed by atoms with E-state index in [2.05, 4.69) is 10.2 Å². The van der Waals surface area contributed by atoms with Crippen molar-refractivity contribution in [1.82, 2.24) is 10.2 Å². The van der Waals surface area contributed by atoms with Gasteiger partial charge in [-0.15, -0.1) is 0 Å². The van der Waals surface area contributed by atoms with Crippen LogP contribution in [0.5, 0.6) is 0 Å². The Bertz CT molecular complexity index is 277. The lowest BCUT2D eigenvalue weighted by atomic mass is 9.95. The van der Waals surface area contributed by atoms with Gasteiger partial charge in [-0.3, -0.25) is 9.69 Å². The quantitative estimate of drug-likeness (QED) is 0.730. The fraction of sp³-hybridized carbons (Fsp3) is 0.818. The summed E-state index contributed by atoms with van der Waals surface area (Å²) in [6.45, 7) is 8.00. The Kier molecular flexibility index (Phi) is 4.71. The summed E-state index contributed by atoms with van der Waals surface area (Å²) in [7, 11) is 0. The molecule has 0 aliphatic carbocycles. The van der Waals surface area contributed by atoms with Crippen molar-refractivity contribution in [1.29, 1.82) is 5.26 Å². The van der Waals surface area contributed by atoms with Crippen LogP contribution in [-0.4, -0.2) is 50.2 Å². The highest BCUT2D eigenvalue weighted by Crippen LogP contribution is 2.12. The summed E-state index contributed by atoms with van der Waals surface area (Å²) < 4.78 is 5.23. The Morgan fingerprint density at radius 3 is 2.69 bits per heavy atom. The summed E-state index contributed by atoms with van der Waals surface area (Å²) in [6.07, 6.45) is 0. The normalized spacial score (nSPS) is 17.8. The number of hydrogen-bond donors (Lipinski definition) is 1. The van der Waals surface area contributed by atoms with Gasteiger partial charge in [-0.25, -0.2) is 0 Å². The second kappa shape index (κ2) is 5.83. The summed E-state index contributed by atoms with van der Waals surface area (Å²) in [5.74, 6) is -0.205. The molecular formula is C11H19N3O2. The van der Waals surface area contributed by atoms with Crippen LogP contribution >= 0.6 is 0 Å². The van der Waals surface area contributed by atoms with Crippen LogP contribution in [0.2, 0.25) is 0 Å². The van der Waals surface area contributed by atoms with E-state index in [4.69, 9.17) is 10.00 Å². The third-order valence-electron chi connectivity index (χ3n) is 2.66. The molecule has 5 nitrogen and oxygen atoms in total. The van der Waals surface area contributed by atoms with Gasteiger partial charge in [0.25, 0.3) is 0 Å². The second-order valence-electron chi connectivity index (χ2n) is 4.45. The average molecular weight is 225 g/mol. The van der Waals surface area contributed by atoms with Gasteiger partial charge in [0.1, 0.15) is 5.41 Å². The van der Waals surface area contributed by atoms with Crippen LogP contribution in [0.4, 0.5) is 0 Å². The van der Waals surface area contributed by atoms with E-state index in [1.54, 1.807) is 13.8 Å². The second-order valence-corrected chi connectivity index (χ2v) is 4.45. The Balaban J connectivity index is 2.20. The number of rotatable bonds is 4. The van der Waals surface area contributed by atoms with E-state index in [-0.39, 0.29) is 5.91 Å². The zero-order valence-electron chi connectivity index (χ0n) is 9.95. The van der Waals surface area contributed by atoms with Crippen LogP contribution < -0.4 is 5.32 Å². The standard InChI is InChI=1S/C11H19N3O2/c1-11(2,9-12)10(15)13-3-4-14-5-7-16-8-6-14/h3-8H2,1-2H3,(H,13,15). The molecule has 16 heavy (non-hydrogen) atoms. The lowest BCUT2D eigenvalue weighted by Crippen LogP contribution is -2.43. The third kappa shape index (κ3) is 3.80. The summed E-state index contributed by atoms with van der Waals surface area (Å²) in [4.78, 5) is 13.8. The van der Waals surface area contributed by atoms with E-state index in [1.807, 2.05) is 6.07 Å². The molecular weight excluding hydrogens is 206 g/mol. The predicted molar refractivity (Wildman–Crippen MR) is 59.7 cm³/mol. The fourth-order valence-electron chi connectivity index (χ4n) is 1.42. The van der Waals surface area contributed by atoms with Gasteiger partial charge in [0.05, 0.1) is 19.3 Å². The van der Waals surface area contributed by atoms with Gasteiger partial charge in [0.2, 0.25) is 5.91 Å². The fourth-order valence-corrected chi connectivity index (χ4v) is 1.42. The maximum absolute atomic E-state index is 11.6. The summed E-state index contributed by atoms with van der Waals surface area (Å²) in [5, 5.41) is 11.6. The van der Waals surface area contributed by atoms with Crippen molar-refractivity contribution in [3.05, 3.63) is 0 Å². The minimum Gasteiger partial charge on any atom is -0.379 e. The summed E-state index contributed by atoms with van der Waals surface area (Å²) in [6, 6.07) is 1.98. The zero-order valence-corrected chi connectivity index (χ0v) is 9.95. The molecule has 1 aliphatic rings. The van der Waals surface area contributed by atoms with E-state index in [0.29, 0.717) is 6.54 Å². The van der Waals surface area contributed by atoms with Gasteiger partial charge in [0.15, 0.2) is 0 Å². The number of amides is 1. The van der Waals surface area contributed by atoms with Gasteiger partial charge in [-0.2, -0.15) is 5.26 Å². The molecule has 1 rings (SSSR count). The minimum atomic E-state index is -0.939. The van der Waals surface area contributed by atoms with Crippen LogP contribution in [0.25, 0.3) is 0 Å². The molecule has 1 amide bonds. The monoisotopic (exact) mass is 225 g/mol. The van der Waals surface area contributed by atoms with E-state index >= 15 is 0 Å². The van der Waals surface area contributed by atoms with Gasteiger partial charge in [-0.05, 0) is 13.8 Å². The molecule has 0 bridgehead atoms. The largest absolute Gasteiger partial charge is 0.379 e. The Hall–Kier alpha value is -1.12. The maximum atomic E-state index is 11.6. The lowest BCUT2D eigenvalue weighted by Gasteiger charge is -2.26. The first-order valence-electron chi connectivity index (χ1n) is 5.56. The van der Waals surface area contributed by atoms with Crippen molar-refractivity contribution in [2.75, 3.05) is 39.4 Å². The molecule has 0 aromatic carbocycles. The SMILES string of the molecule is CC(C)(C#N)C(=O)NCCN1CCOCC1. The highest BCUT2D eigenvalue weighted by atomic mass is 16.5. The summed E-state index contributed by atoms with van der Waals surface area (Å²) >= 11 is 0. The van der Waals surface area contributed by atoms with Gasteiger partial charge in [0, 0.05) is 26.2 Å².